The van der Waals surface area contributed by atoms with E-state index in [0.717, 1.165) is 31.4 Å². The molecule has 1 fully saturated rings. The van der Waals surface area contributed by atoms with Crippen LogP contribution >= 0.6 is 15.9 Å². The quantitative estimate of drug-likeness (QED) is 0.642. The summed E-state index contributed by atoms with van der Waals surface area (Å²) < 4.78 is 0.705. The van der Waals surface area contributed by atoms with Gasteiger partial charge >= 0.3 is 0 Å². The van der Waals surface area contributed by atoms with Gasteiger partial charge in [0, 0.05) is 34.9 Å². The van der Waals surface area contributed by atoms with Crippen molar-refractivity contribution in [2.45, 2.75) is 31.7 Å². The lowest BCUT2D eigenvalue weighted by Gasteiger charge is -2.22. The summed E-state index contributed by atoms with van der Waals surface area (Å²) in [5.41, 5.74) is 0.955. The molecular formula is C13H17BrN2O3. The van der Waals surface area contributed by atoms with Crippen molar-refractivity contribution in [2.24, 2.45) is 5.92 Å². The maximum Gasteiger partial charge on any atom is 0.270 e. The molecule has 6 heteroatoms. The third-order valence-corrected chi connectivity index (χ3v) is 4.32. The SMILES string of the molecule is O=[N+]([O-])c1ccc(NC2CCCC2CCO)c(Br)c1. The molecule has 2 unspecified atom stereocenters. The zero-order chi connectivity index (χ0) is 13.8. The van der Waals surface area contributed by atoms with Gasteiger partial charge in [-0.15, -0.1) is 0 Å². The van der Waals surface area contributed by atoms with Crippen molar-refractivity contribution in [3.63, 3.8) is 0 Å². The zero-order valence-electron chi connectivity index (χ0n) is 10.5. The number of halogens is 1. The molecule has 1 aliphatic carbocycles. The molecule has 2 N–H and O–H groups in total. The van der Waals surface area contributed by atoms with Crippen LogP contribution in [0.2, 0.25) is 0 Å². The second kappa shape index (κ2) is 6.34. The minimum atomic E-state index is -0.404. The van der Waals surface area contributed by atoms with E-state index in [4.69, 9.17) is 5.11 Å². The summed E-state index contributed by atoms with van der Waals surface area (Å²) in [7, 11) is 0. The van der Waals surface area contributed by atoms with E-state index in [0.29, 0.717) is 16.4 Å². The maximum absolute atomic E-state index is 10.7. The molecule has 2 rings (SSSR count). The molecule has 1 aliphatic rings. The number of hydrogen-bond donors (Lipinski definition) is 2. The van der Waals surface area contributed by atoms with Crippen LogP contribution in [0, 0.1) is 16.0 Å². The van der Waals surface area contributed by atoms with E-state index < -0.39 is 4.92 Å². The fraction of sp³-hybridized carbons (Fsp3) is 0.538. The van der Waals surface area contributed by atoms with Crippen molar-refractivity contribution < 1.29 is 10.0 Å². The van der Waals surface area contributed by atoms with Gasteiger partial charge in [0.1, 0.15) is 0 Å². The minimum absolute atomic E-state index is 0.0794. The number of anilines is 1. The number of nitrogens with one attached hydrogen (secondary N) is 1. The van der Waals surface area contributed by atoms with E-state index in [2.05, 4.69) is 21.2 Å². The number of nitro benzene ring substituents is 1. The molecule has 0 amide bonds. The van der Waals surface area contributed by atoms with Crippen molar-refractivity contribution in [2.75, 3.05) is 11.9 Å². The third-order valence-electron chi connectivity index (χ3n) is 3.66. The second-order valence-corrected chi connectivity index (χ2v) is 5.73. The van der Waals surface area contributed by atoms with Crippen LogP contribution in [0.15, 0.2) is 22.7 Å². The lowest BCUT2D eigenvalue weighted by Crippen LogP contribution is -2.24. The summed E-state index contributed by atoms with van der Waals surface area (Å²) in [6.07, 6.45) is 4.17. The van der Waals surface area contributed by atoms with Crippen molar-refractivity contribution in [1.29, 1.82) is 0 Å². The zero-order valence-corrected chi connectivity index (χ0v) is 12.1. The third kappa shape index (κ3) is 3.45. The first kappa shape index (κ1) is 14.3. The van der Waals surface area contributed by atoms with E-state index in [-0.39, 0.29) is 12.3 Å². The van der Waals surface area contributed by atoms with Crippen LogP contribution < -0.4 is 5.32 Å². The molecule has 0 bridgehead atoms. The molecule has 0 aliphatic heterocycles. The molecule has 1 aromatic carbocycles. The topological polar surface area (TPSA) is 75.4 Å². The van der Waals surface area contributed by atoms with Crippen LogP contribution in [0.25, 0.3) is 0 Å². The molecule has 104 valence electrons. The Hall–Kier alpha value is -1.14. The van der Waals surface area contributed by atoms with Gasteiger partial charge in [-0.3, -0.25) is 10.1 Å². The Morgan fingerprint density at radius 2 is 2.26 bits per heavy atom. The number of aliphatic hydroxyl groups excluding tert-OH is 1. The Kier molecular flexibility index (Phi) is 4.76. The van der Waals surface area contributed by atoms with E-state index in [1.54, 1.807) is 6.07 Å². The predicted octanol–water partition coefficient (Wildman–Crippen LogP) is 3.32. The smallest absolute Gasteiger partial charge is 0.270 e. The predicted molar refractivity (Wildman–Crippen MR) is 77.3 cm³/mol. The van der Waals surface area contributed by atoms with Gasteiger partial charge in [0.15, 0.2) is 0 Å². The second-order valence-electron chi connectivity index (χ2n) is 4.88. The maximum atomic E-state index is 10.7. The normalized spacial score (nSPS) is 22.4. The number of nitro groups is 1. The Bertz CT molecular complexity index is 467. The highest BCUT2D eigenvalue weighted by atomic mass is 79.9. The molecule has 0 radical (unpaired) electrons. The Morgan fingerprint density at radius 3 is 2.89 bits per heavy atom. The lowest BCUT2D eigenvalue weighted by atomic mass is 10.00. The summed E-state index contributed by atoms with van der Waals surface area (Å²) in [5, 5.41) is 23.2. The van der Waals surface area contributed by atoms with Crippen LogP contribution in [0.1, 0.15) is 25.7 Å². The number of aliphatic hydroxyl groups is 1. The highest BCUT2D eigenvalue weighted by Gasteiger charge is 2.27. The Morgan fingerprint density at radius 1 is 1.47 bits per heavy atom. The molecule has 0 spiro atoms. The van der Waals surface area contributed by atoms with E-state index in [9.17, 15) is 10.1 Å². The number of benzene rings is 1. The molecule has 1 aromatic rings. The number of hydrogen-bond acceptors (Lipinski definition) is 4. The van der Waals surface area contributed by atoms with Crippen molar-refractivity contribution in [3.05, 3.63) is 32.8 Å². The number of rotatable bonds is 5. The Balaban J connectivity index is 2.08. The van der Waals surface area contributed by atoms with E-state index in [1.807, 2.05) is 0 Å². The molecule has 2 atom stereocenters. The van der Waals surface area contributed by atoms with Crippen molar-refractivity contribution >= 4 is 27.3 Å². The van der Waals surface area contributed by atoms with Crippen LogP contribution in [0.5, 0.6) is 0 Å². The molecule has 0 heterocycles. The van der Waals surface area contributed by atoms with Gasteiger partial charge in [-0.2, -0.15) is 0 Å². The standard InChI is InChI=1S/C13H17BrN2O3/c14-11-8-10(16(18)19)4-5-13(11)15-12-3-1-2-9(12)6-7-17/h4-5,8-9,12,15,17H,1-3,6-7H2. The Labute approximate surface area is 120 Å². The highest BCUT2D eigenvalue weighted by molar-refractivity contribution is 9.10. The average Bonchev–Trinajstić information content (AvgIpc) is 2.79. The van der Waals surface area contributed by atoms with Crippen molar-refractivity contribution in [1.82, 2.24) is 0 Å². The van der Waals surface area contributed by atoms with Gasteiger partial charge in [0.2, 0.25) is 0 Å². The van der Waals surface area contributed by atoms with E-state index >= 15 is 0 Å². The van der Waals surface area contributed by atoms with E-state index in [1.165, 1.54) is 12.1 Å². The average molecular weight is 329 g/mol. The van der Waals surface area contributed by atoms with Gasteiger partial charge in [0.05, 0.1) is 4.92 Å². The first-order valence-electron chi connectivity index (χ1n) is 6.43. The van der Waals surface area contributed by atoms with Gasteiger partial charge in [-0.1, -0.05) is 6.42 Å². The van der Waals surface area contributed by atoms with Crippen LogP contribution in [-0.4, -0.2) is 22.7 Å². The summed E-state index contributed by atoms with van der Waals surface area (Å²) in [5.74, 6) is 0.479. The first-order valence-corrected chi connectivity index (χ1v) is 7.22. The van der Waals surface area contributed by atoms with Gasteiger partial charge in [-0.25, -0.2) is 0 Å². The summed E-state index contributed by atoms with van der Waals surface area (Å²) in [6.45, 7) is 0.213. The summed E-state index contributed by atoms with van der Waals surface area (Å²) in [6, 6.07) is 5.09. The lowest BCUT2D eigenvalue weighted by molar-refractivity contribution is -0.384. The monoisotopic (exact) mass is 328 g/mol. The molecule has 0 saturated heterocycles. The summed E-state index contributed by atoms with van der Waals surface area (Å²) in [4.78, 5) is 10.3. The molecular weight excluding hydrogens is 312 g/mol. The van der Waals surface area contributed by atoms with Crippen molar-refractivity contribution in [3.8, 4) is 0 Å². The number of nitrogens with zero attached hydrogens (tertiary/aromatic N) is 1. The molecule has 0 aromatic heterocycles. The molecule has 19 heavy (non-hydrogen) atoms. The number of non-ortho nitro benzene ring substituents is 1. The minimum Gasteiger partial charge on any atom is -0.396 e. The molecule has 5 nitrogen and oxygen atoms in total. The highest BCUT2D eigenvalue weighted by Crippen LogP contribution is 2.34. The van der Waals surface area contributed by atoms with Crippen LogP contribution in [-0.2, 0) is 0 Å². The first-order chi connectivity index (χ1) is 9.11. The fourth-order valence-electron chi connectivity index (χ4n) is 2.67. The van der Waals surface area contributed by atoms with Gasteiger partial charge in [0.25, 0.3) is 5.69 Å². The van der Waals surface area contributed by atoms with Gasteiger partial charge in [-0.05, 0) is 47.2 Å². The fourth-order valence-corrected chi connectivity index (χ4v) is 3.15. The van der Waals surface area contributed by atoms with Gasteiger partial charge < -0.3 is 10.4 Å². The summed E-state index contributed by atoms with van der Waals surface area (Å²) >= 11 is 3.37. The largest absolute Gasteiger partial charge is 0.396 e. The van der Waals surface area contributed by atoms with Crippen LogP contribution in [0.4, 0.5) is 11.4 Å². The molecule has 1 saturated carbocycles. The van der Waals surface area contributed by atoms with Crippen LogP contribution in [0.3, 0.4) is 0 Å².